The zero-order valence-electron chi connectivity index (χ0n) is 42.7. The van der Waals surface area contributed by atoms with Crippen molar-refractivity contribution >= 4 is 45.1 Å². The molecule has 4 atom stereocenters. The molecule has 4 aromatic carbocycles. The standard InChI is InChI=1S/C64H48N8O4.Zn/c1-41(37-65)25-29-73-56-17-9-5-13-50(56)54-35-49-34-47-22-21-45(69-47)33-46-23-24-48(70-46)36-55-60(51-14-6-10-18-57(51)74-30-26-42(2)38-66)61(52-15-7-11-19-58(52)75-31-27-43(3)39-67)64(72-55)62(63(54)71-49)53-16-8-12-20-59(53)76-32-28-44(4)40-68;/h5-36,41-44H,1-4H3;. The van der Waals surface area contributed by atoms with Crippen molar-refractivity contribution in [3.05, 3.63) is 240 Å². The van der Waals surface area contributed by atoms with Gasteiger partial charge < -0.3 is 18.9 Å². The third-order valence-electron chi connectivity index (χ3n) is 12.2. The van der Waals surface area contributed by atoms with Gasteiger partial charge in [-0.2, -0.15) is 21.0 Å². The van der Waals surface area contributed by atoms with E-state index in [2.05, 4.69) is 24.3 Å². The molecule has 0 saturated heterocycles. The minimum atomic E-state index is -0.440. The van der Waals surface area contributed by atoms with Crippen molar-refractivity contribution in [1.82, 2.24) is 0 Å². The van der Waals surface area contributed by atoms with Crippen LogP contribution in [0.15, 0.2) is 238 Å². The van der Waals surface area contributed by atoms with E-state index in [-0.39, 0.29) is 19.5 Å². The van der Waals surface area contributed by atoms with Gasteiger partial charge in [0.1, 0.15) is 23.0 Å². The van der Waals surface area contributed by atoms with Crippen LogP contribution in [0.5, 0.6) is 23.0 Å². The molecule has 9 rings (SSSR count). The van der Waals surface area contributed by atoms with Gasteiger partial charge in [-0.1, -0.05) is 72.8 Å². The maximum Gasteiger partial charge on any atom is 0.134 e. The van der Waals surface area contributed by atoms with Gasteiger partial charge in [0.25, 0.3) is 0 Å². The molecule has 5 aliphatic rings. The van der Waals surface area contributed by atoms with Crippen molar-refractivity contribution in [2.45, 2.75) is 27.7 Å². The molecule has 5 aliphatic heterocycles. The molecule has 0 saturated carbocycles. The monoisotopic (exact) mass is 1060 g/mol. The Hall–Kier alpha value is -9.78. The van der Waals surface area contributed by atoms with E-state index in [0.717, 1.165) is 0 Å². The number of aliphatic imine (C=N–C) groups is 4. The summed E-state index contributed by atoms with van der Waals surface area (Å²) in [7, 11) is 0. The molecule has 4 unspecified atom stereocenters. The Bertz CT molecular complexity index is 3730. The molecule has 0 spiro atoms. The van der Waals surface area contributed by atoms with Gasteiger partial charge in [0.05, 0.1) is 119 Å². The minimum absolute atomic E-state index is 0. The molecule has 0 aromatic heterocycles. The molecule has 13 heteroatoms. The summed E-state index contributed by atoms with van der Waals surface area (Å²) in [5, 5.41) is 38.7. The van der Waals surface area contributed by atoms with Crippen molar-refractivity contribution in [2.75, 3.05) is 0 Å². The predicted molar refractivity (Wildman–Crippen MR) is 298 cm³/mol. The number of allylic oxidation sites excluding steroid dienone is 16. The normalized spacial score (nSPS) is 16.9. The molecule has 0 fully saturated rings. The summed E-state index contributed by atoms with van der Waals surface area (Å²) in [5.74, 6) is 0.178. The first-order chi connectivity index (χ1) is 37.1. The van der Waals surface area contributed by atoms with Crippen LogP contribution in [0.2, 0.25) is 0 Å². The largest absolute Gasteiger partial charge is 0.465 e. The second-order valence-electron chi connectivity index (χ2n) is 17.9. The van der Waals surface area contributed by atoms with Crippen molar-refractivity contribution in [2.24, 2.45) is 43.6 Å². The molecule has 0 amide bonds. The Morgan fingerprint density at radius 1 is 0.403 bits per heavy atom. The Morgan fingerprint density at radius 3 is 1.23 bits per heavy atom. The molecule has 0 aliphatic carbocycles. The van der Waals surface area contributed by atoms with Crippen LogP contribution in [0.1, 0.15) is 49.9 Å². The molecule has 0 radical (unpaired) electrons. The summed E-state index contributed by atoms with van der Waals surface area (Å²) in [6.07, 6.45) is 28.3. The van der Waals surface area contributed by atoms with Gasteiger partial charge in [0.15, 0.2) is 0 Å². The molecule has 370 valence electrons. The van der Waals surface area contributed by atoms with Crippen molar-refractivity contribution in [1.29, 1.82) is 21.0 Å². The third kappa shape index (κ3) is 12.4. The minimum Gasteiger partial charge on any atom is -0.465 e. The fraction of sp³-hybridized carbons (Fsp3) is 0.125. The van der Waals surface area contributed by atoms with E-state index < -0.39 is 23.7 Å². The number of hydrogen-bond donors (Lipinski definition) is 0. The number of fused-ring (bicyclic) bond motifs is 4. The Kier molecular flexibility index (Phi) is 17.4. The van der Waals surface area contributed by atoms with E-state index in [4.69, 9.17) is 38.9 Å². The van der Waals surface area contributed by atoms with Crippen molar-refractivity contribution in [3.8, 4) is 47.3 Å². The first kappa shape index (κ1) is 53.5. The number of nitriles is 4. The SMILES string of the molecule is CC(C#N)C=COc1ccccc1C1=CC2=CC3=NC(=CC4=NC(=CC5=NC(=C(c6ccccc6OC=CC(C)C#N)C1=N2)C(c1ccccc1OC=CC(C)C#N)=C5c1ccccc1OC=CC(C)C#N)C=C4)C=C3.[Zn]. The van der Waals surface area contributed by atoms with Gasteiger partial charge >= 0.3 is 0 Å². The first-order valence-electron chi connectivity index (χ1n) is 24.5. The molecule has 4 aromatic rings. The number of hydrogen-bond acceptors (Lipinski definition) is 12. The average Bonchev–Trinajstić information content (AvgIpc) is 4.26. The van der Waals surface area contributed by atoms with Crippen molar-refractivity contribution < 1.29 is 38.4 Å². The van der Waals surface area contributed by atoms with E-state index in [1.165, 1.54) is 25.0 Å². The van der Waals surface area contributed by atoms with Crippen LogP contribution < -0.4 is 18.9 Å². The van der Waals surface area contributed by atoms with Crippen LogP contribution in [0.3, 0.4) is 0 Å². The van der Waals surface area contributed by atoms with Gasteiger partial charge in [0, 0.05) is 64.0 Å². The number of benzene rings is 4. The fourth-order valence-electron chi connectivity index (χ4n) is 8.34. The quantitative estimate of drug-likeness (QED) is 0.0784. The summed E-state index contributed by atoms with van der Waals surface area (Å²) < 4.78 is 25.9. The summed E-state index contributed by atoms with van der Waals surface area (Å²) >= 11 is 0. The zero-order chi connectivity index (χ0) is 53.0. The second-order valence-corrected chi connectivity index (χ2v) is 17.9. The third-order valence-corrected chi connectivity index (χ3v) is 12.2. The summed E-state index contributed by atoms with van der Waals surface area (Å²) in [6, 6.07) is 39.4. The maximum atomic E-state index is 9.73. The summed E-state index contributed by atoms with van der Waals surface area (Å²) in [6.45, 7) is 7.12. The Balaban J connectivity index is 0.00000784. The predicted octanol–water partition coefficient (Wildman–Crippen LogP) is 13.9. The number of nitrogens with zero attached hydrogens (tertiary/aromatic N) is 8. The van der Waals surface area contributed by atoms with Gasteiger partial charge in [-0.3, -0.25) is 0 Å². The molecule has 8 bridgehead atoms. The molecule has 12 nitrogen and oxygen atoms in total. The van der Waals surface area contributed by atoms with Gasteiger partial charge in [0.2, 0.25) is 0 Å². The van der Waals surface area contributed by atoms with Crippen molar-refractivity contribution in [3.63, 3.8) is 0 Å². The number of para-hydroxylation sites is 4. The van der Waals surface area contributed by atoms with E-state index in [1.54, 1.807) is 52.0 Å². The Labute approximate surface area is 460 Å². The molecule has 0 N–H and O–H groups in total. The molecule has 5 heterocycles. The molecular weight excluding hydrogens is 1010 g/mol. The maximum absolute atomic E-state index is 9.73. The van der Waals surface area contributed by atoms with Crippen LogP contribution in [0, 0.1) is 69.0 Å². The molecular formula is C64H48N8O4Zn. The Morgan fingerprint density at radius 2 is 0.779 bits per heavy atom. The topological polar surface area (TPSA) is 182 Å². The van der Waals surface area contributed by atoms with Crippen LogP contribution in [-0.4, -0.2) is 22.8 Å². The van der Waals surface area contributed by atoms with Gasteiger partial charge in [-0.15, -0.1) is 0 Å². The summed E-state index contributed by atoms with van der Waals surface area (Å²) in [4.78, 5) is 21.3. The van der Waals surface area contributed by atoms with Crippen LogP contribution in [0.25, 0.3) is 22.3 Å². The average molecular weight is 1060 g/mol. The summed E-state index contributed by atoms with van der Waals surface area (Å²) in [5.41, 5.74) is 9.80. The second kappa shape index (κ2) is 25.0. The van der Waals surface area contributed by atoms with Crippen LogP contribution in [0.4, 0.5) is 0 Å². The van der Waals surface area contributed by atoms with E-state index in [0.29, 0.717) is 113 Å². The van der Waals surface area contributed by atoms with E-state index in [1.807, 2.05) is 146 Å². The van der Waals surface area contributed by atoms with Crippen LogP contribution >= 0.6 is 0 Å². The van der Waals surface area contributed by atoms with Gasteiger partial charge in [-0.05, 0) is 125 Å². The fourth-order valence-corrected chi connectivity index (χ4v) is 8.34. The van der Waals surface area contributed by atoms with E-state index >= 15 is 0 Å². The number of rotatable bonds is 16. The number of ether oxygens (including phenoxy) is 4. The zero-order valence-corrected chi connectivity index (χ0v) is 45.7. The molecule has 77 heavy (non-hydrogen) atoms. The van der Waals surface area contributed by atoms with E-state index in [9.17, 15) is 21.0 Å². The first-order valence-corrected chi connectivity index (χ1v) is 24.5. The van der Waals surface area contributed by atoms with Gasteiger partial charge in [-0.25, -0.2) is 20.0 Å². The smallest absolute Gasteiger partial charge is 0.134 e. The van der Waals surface area contributed by atoms with Crippen LogP contribution in [-0.2, 0) is 19.5 Å².